The highest BCUT2D eigenvalue weighted by atomic mass is 16.5. The van der Waals surface area contributed by atoms with Crippen molar-refractivity contribution in [2.45, 2.75) is 25.3 Å². The number of methoxy groups -OCH3 is 1. The second-order valence-electron chi connectivity index (χ2n) is 3.90. The van der Waals surface area contributed by atoms with Crippen LogP contribution in [0.1, 0.15) is 30.9 Å². The van der Waals surface area contributed by atoms with E-state index in [0.29, 0.717) is 6.04 Å². The topological polar surface area (TPSA) is 25.8 Å². The number of benzene rings is 1. The summed E-state index contributed by atoms with van der Waals surface area (Å²) in [5.74, 6) is 0.974. The molecule has 0 bridgehead atoms. The van der Waals surface area contributed by atoms with E-state index in [2.05, 4.69) is 23.5 Å². The van der Waals surface area contributed by atoms with Gasteiger partial charge in [0.05, 0.1) is 13.7 Å². The highest BCUT2D eigenvalue weighted by Gasteiger charge is 2.18. The van der Waals surface area contributed by atoms with E-state index in [1.165, 1.54) is 31.4 Å². The number of hydrogen-bond donors (Lipinski definition) is 1. The number of rotatable bonds is 2. The van der Waals surface area contributed by atoms with Crippen LogP contribution in [0.3, 0.4) is 0 Å². The number of ether oxygens (including phenoxy) is 1. The first-order valence-electron chi connectivity index (χ1n) is 5.37. The minimum absolute atomic E-state index is 0.652. The molecule has 2 rings (SSSR count). The van der Waals surface area contributed by atoms with Crippen LogP contribution < -0.4 is 10.1 Å². The molecule has 14 heavy (non-hydrogen) atoms. The van der Waals surface area contributed by atoms with Crippen LogP contribution in [0.2, 0.25) is 0 Å². The number of piperidine rings is 1. The van der Waals surface area contributed by atoms with Crippen molar-refractivity contribution in [3.05, 3.63) is 29.8 Å². The number of nitrogens with two attached hydrogens (primary N) is 1. The van der Waals surface area contributed by atoms with Gasteiger partial charge >= 0.3 is 0 Å². The SMILES string of the molecule is COc1cccc([C@H]2CCCC[NH2+]2)c1. The molecule has 0 aliphatic carbocycles. The van der Waals surface area contributed by atoms with Crippen LogP contribution >= 0.6 is 0 Å². The summed E-state index contributed by atoms with van der Waals surface area (Å²) in [6.07, 6.45) is 4.02. The average molecular weight is 192 g/mol. The van der Waals surface area contributed by atoms with Crippen molar-refractivity contribution in [2.24, 2.45) is 0 Å². The van der Waals surface area contributed by atoms with Gasteiger partial charge in [-0.25, -0.2) is 0 Å². The monoisotopic (exact) mass is 192 g/mol. The Morgan fingerprint density at radius 3 is 3.00 bits per heavy atom. The van der Waals surface area contributed by atoms with Crippen molar-refractivity contribution in [3.8, 4) is 5.75 Å². The van der Waals surface area contributed by atoms with E-state index in [1.54, 1.807) is 7.11 Å². The third kappa shape index (κ3) is 2.07. The van der Waals surface area contributed by atoms with Crippen LogP contribution in [0, 0.1) is 0 Å². The Morgan fingerprint density at radius 2 is 2.29 bits per heavy atom. The Morgan fingerprint density at radius 1 is 1.36 bits per heavy atom. The van der Waals surface area contributed by atoms with Crippen molar-refractivity contribution < 1.29 is 10.1 Å². The van der Waals surface area contributed by atoms with Crippen LogP contribution in [0.4, 0.5) is 0 Å². The first-order valence-corrected chi connectivity index (χ1v) is 5.37. The van der Waals surface area contributed by atoms with E-state index < -0.39 is 0 Å². The molecule has 0 saturated carbocycles. The Hall–Kier alpha value is -1.02. The van der Waals surface area contributed by atoms with Gasteiger partial charge in [0.1, 0.15) is 11.8 Å². The lowest BCUT2D eigenvalue weighted by molar-refractivity contribution is -0.704. The molecule has 1 atom stereocenters. The van der Waals surface area contributed by atoms with Crippen molar-refractivity contribution in [1.82, 2.24) is 0 Å². The summed E-state index contributed by atoms with van der Waals surface area (Å²) in [4.78, 5) is 0. The van der Waals surface area contributed by atoms with Crippen molar-refractivity contribution in [2.75, 3.05) is 13.7 Å². The molecule has 1 aromatic rings. The molecule has 2 heteroatoms. The van der Waals surface area contributed by atoms with Crippen LogP contribution in [0.5, 0.6) is 5.75 Å². The molecule has 1 aliphatic rings. The van der Waals surface area contributed by atoms with Crippen LogP contribution in [-0.2, 0) is 0 Å². The van der Waals surface area contributed by atoms with Crippen LogP contribution in [-0.4, -0.2) is 13.7 Å². The van der Waals surface area contributed by atoms with Gasteiger partial charge < -0.3 is 10.1 Å². The molecule has 0 radical (unpaired) electrons. The molecule has 0 aromatic heterocycles. The molecule has 1 aromatic carbocycles. The standard InChI is InChI=1S/C12H17NO/c1-14-11-6-4-5-10(9-11)12-7-2-3-8-13-12/h4-6,9,12-13H,2-3,7-8H2,1H3/p+1/t12-/m1/s1. The van der Waals surface area contributed by atoms with Crippen LogP contribution in [0.25, 0.3) is 0 Å². The zero-order valence-electron chi connectivity index (χ0n) is 8.70. The molecule has 2 nitrogen and oxygen atoms in total. The van der Waals surface area contributed by atoms with Gasteiger partial charge in [0.15, 0.2) is 0 Å². The minimum atomic E-state index is 0.652. The Labute approximate surface area is 85.3 Å². The second-order valence-corrected chi connectivity index (χ2v) is 3.90. The lowest BCUT2D eigenvalue weighted by Gasteiger charge is -2.20. The molecule has 0 unspecified atom stereocenters. The van der Waals surface area contributed by atoms with Gasteiger partial charge in [-0.05, 0) is 25.0 Å². The quantitative estimate of drug-likeness (QED) is 0.754. The van der Waals surface area contributed by atoms with E-state index in [9.17, 15) is 0 Å². The molecule has 1 heterocycles. The molecule has 1 fully saturated rings. The summed E-state index contributed by atoms with van der Waals surface area (Å²) in [7, 11) is 1.73. The maximum Gasteiger partial charge on any atom is 0.119 e. The summed E-state index contributed by atoms with van der Waals surface area (Å²) >= 11 is 0. The smallest absolute Gasteiger partial charge is 0.119 e. The van der Waals surface area contributed by atoms with Gasteiger partial charge in [0.2, 0.25) is 0 Å². The minimum Gasteiger partial charge on any atom is -0.497 e. The first-order chi connectivity index (χ1) is 6.90. The third-order valence-corrected chi connectivity index (χ3v) is 2.94. The molecule has 0 amide bonds. The Bertz CT molecular complexity index is 292. The van der Waals surface area contributed by atoms with Gasteiger partial charge in [-0.3, -0.25) is 0 Å². The van der Waals surface area contributed by atoms with Crippen molar-refractivity contribution in [1.29, 1.82) is 0 Å². The fourth-order valence-corrected chi connectivity index (χ4v) is 2.12. The number of hydrogen-bond acceptors (Lipinski definition) is 1. The normalized spacial score (nSPS) is 21.9. The molecule has 0 spiro atoms. The van der Waals surface area contributed by atoms with Gasteiger partial charge in [0, 0.05) is 12.0 Å². The highest BCUT2D eigenvalue weighted by Crippen LogP contribution is 2.21. The highest BCUT2D eigenvalue weighted by molar-refractivity contribution is 5.29. The zero-order chi connectivity index (χ0) is 9.80. The average Bonchev–Trinajstić information content (AvgIpc) is 2.30. The summed E-state index contributed by atoms with van der Waals surface area (Å²) in [6.45, 7) is 1.27. The molecular weight excluding hydrogens is 174 g/mol. The van der Waals surface area contributed by atoms with E-state index in [-0.39, 0.29) is 0 Å². The summed E-state index contributed by atoms with van der Waals surface area (Å²) in [6, 6.07) is 9.10. The maximum absolute atomic E-state index is 5.23. The van der Waals surface area contributed by atoms with Gasteiger partial charge in [-0.1, -0.05) is 12.1 Å². The van der Waals surface area contributed by atoms with Crippen LogP contribution in [0.15, 0.2) is 24.3 Å². The fourth-order valence-electron chi connectivity index (χ4n) is 2.12. The molecule has 76 valence electrons. The maximum atomic E-state index is 5.23. The van der Waals surface area contributed by atoms with Gasteiger partial charge in [-0.2, -0.15) is 0 Å². The fraction of sp³-hybridized carbons (Fsp3) is 0.500. The second kappa shape index (κ2) is 4.47. The van der Waals surface area contributed by atoms with Crippen molar-refractivity contribution in [3.63, 3.8) is 0 Å². The van der Waals surface area contributed by atoms with E-state index in [0.717, 1.165) is 5.75 Å². The summed E-state index contributed by atoms with van der Waals surface area (Å²) in [5, 5.41) is 2.44. The molecular formula is C12H18NO+. The third-order valence-electron chi connectivity index (χ3n) is 2.94. The Balaban J connectivity index is 2.13. The molecule has 1 saturated heterocycles. The van der Waals surface area contributed by atoms with Gasteiger partial charge in [0.25, 0.3) is 0 Å². The largest absolute Gasteiger partial charge is 0.497 e. The lowest BCUT2D eigenvalue weighted by atomic mass is 9.97. The van der Waals surface area contributed by atoms with Crippen molar-refractivity contribution >= 4 is 0 Å². The predicted octanol–water partition coefficient (Wildman–Crippen LogP) is 1.48. The van der Waals surface area contributed by atoms with E-state index in [4.69, 9.17) is 4.74 Å². The van der Waals surface area contributed by atoms with Gasteiger partial charge in [-0.15, -0.1) is 0 Å². The lowest BCUT2D eigenvalue weighted by Crippen LogP contribution is -2.86. The summed E-state index contributed by atoms with van der Waals surface area (Å²) in [5.41, 5.74) is 1.41. The first kappa shape index (κ1) is 9.53. The zero-order valence-corrected chi connectivity index (χ0v) is 8.70. The Kier molecular flexibility index (Phi) is 3.04. The number of quaternary nitrogens is 1. The molecule has 1 aliphatic heterocycles. The van der Waals surface area contributed by atoms with E-state index in [1.807, 2.05) is 6.07 Å². The molecule has 2 N–H and O–H groups in total. The predicted molar refractivity (Wildman–Crippen MR) is 56.4 cm³/mol. The summed E-state index contributed by atoms with van der Waals surface area (Å²) < 4.78 is 5.23. The van der Waals surface area contributed by atoms with E-state index >= 15 is 0 Å².